The van der Waals surface area contributed by atoms with E-state index in [1.807, 2.05) is 20.8 Å². The van der Waals surface area contributed by atoms with Crippen molar-refractivity contribution in [2.24, 2.45) is 0 Å². The Bertz CT molecular complexity index is 191. The van der Waals surface area contributed by atoms with Gasteiger partial charge in [0, 0.05) is 26.2 Å². The monoisotopic (exact) mass is 275 g/mol. The van der Waals surface area contributed by atoms with Crippen molar-refractivity contribution in [1.82, 2.24) is 4.98 Å². The Balaban J connectivity index is 3.02. The minimum atomic E-state index is -0.603. The maximum atomic E-state index is 6.11. The van der Waals surface area contributed by atoms with Gasteiger partial charge in [-0.15, -0.1) is 0 Å². The van der Waals surface area contributed by atoms with Crippen LogP contribution in [0.5, 0.6) is 0 Å². The Morgan fingerprint density at radius 2 is 1.50 bits per heavy atom. The molecule has 1 N–H and O–H groups in total. The van der Waals surface area contributed by atoms with Crippen LogP contribution in [0.3, 0.4) is 0 Å². The first-order valence-corrected chi connectivity index (χ1v) is 9.49. The minimum absolute atomic E-state index is 0.346. The summed E-state index contributed by atoms with van der Waals surface area (Å²) in [5, 5.41) is 0. The van der Waals surface area contributed by atoms with E-state index in [9.17, 15) is 0 Å². The number of rotatable bonds is 8. The molecule has 1 aliphatic rings. The van der Waals surface area contributed by atoms with Crippen LogP contribution >= 0.6 is 0 Å². The number of ether oxygens (including phenoxy) is 3. The second-order valence-corrected chi connectivity index (χ2v) is 5.68. The molecule has 0 aromatic carbocycles. The van der Waals surface area contributed by atoms with Gasteiger partial charge in [0.25, 0.3) is 0 Å². The van der Waals surface area contributed by atoms with Gasteiger partial charge >= 0.3 is 0 Å². The summed E-state index contributed by atoms with van der Waals surface area (Å²) in [5.74, 6) is -0.603. The topological polar surface area (TPSA) is 39.7 Å². The summed E-state index contributed by atoms with van der Waals surface area (Å²) in [4.78, 5) is 3.63. The van der Waals surface area contributed by atoms with Crippen molar-refractivity contribution in [3.8, 4) is 0 Å². The molecule has 0 saturated heterocycles. The SMILES string of the molecule is CCOC1(N[SiH2]C)CCCCC1(OCC)OCC. The van der Waals surface area contributed by atoms with Crippen molar-refractivity contribution in [3.63, 3.8) is 0 Å². The van der Waals surface area contributed by atoms with Gasteiger partial charge < -0.3 is 19.2 Å². The zero-order chi connectivity index (χ0) is 13.5. The molecule has 1 saturated carbocycles. The maximum absolute atomic E-state index is 6.11. The molecule has 1 atom stereocenters. The molecule has 0 aliphatic heterocycles. The molecule has 1 aliphatic carbocycles. The Morgan fingerprint density at radius 1 is 0.944 bits per heavy atom. The van der Waals surface area contributed by atoms with Crippen LogP contribution in [0.2, 0.25) is 6.55 Å². The zero-order valence-electron chi connectivity index (χ0n) is 12.4. The predicted molar refractivity (Wildman–Crippen MR) is 76.4 cm³/mol. The maximum Gasteiger partial charge on any atom is 0.211 e. The van der Waals surface area contributed by atoms with E-state index in [0.29, 0.717) is 19.8 Å². The Kier molecular flexibility index (Phi) is 6.80. The third kappa shape index (κ3) is 3.14. The van der Waals surface area contributed by atoms with Gasteiger partial charge in [-0.25, -0.2) is 0 Å². The van der Waals surface area contributed by atoms with E-state index >= 15 is 0 Å². The van der Waals surface area contributed by atoms with Gasteiger partial charge in [0.15, 0.2) is 5.72 Å². The summed E-state index contributed by atoms with van der Waals surface area (Å²) in [5.41, 5.74) is -0.438. The molecule has 4 nitrogen and oxygen atoms in total. The number of hydrogen-bond acceptors (Lipinski definition) is 4. The van der Waals surface area contributed by atoms with Gasteiger partial charge in [0.05, 0.1) is 9.68 Å². The fraction of sp³-hybridized carbons (Fsp3) is 1.00. The van der Waals surface area contributed by atoms with E-state index < -0.39 is 11.5 Å². The summed E-state index contributed by atoms with van der Waals surface area (Å²) >= 11 is 0. The van der Waals surface area contributed by atoms with E-state index in [2.05, 4.69) is 11.5 Å². The van der Waals surface area contributed by atoms with Crippen LogP contribution in [-0.2, 0) is 14.2 Å². The first-order valence-electron chi connectivity index (χ1n) is 7.37. The van der Waals surface area contributed by atoms with E-state index in [1.54, 1.807) is 0 Å². The Morgan fingerprint density at radius 3 is 2.00 bits per heavy atom. The van der Waals surface area contributed by atoms with Gasteiger partial charge in [0.2, 0.25) is 5.79 Å². The van der Waals surface area contributed by atoms with Crippen molar-refractivity contribution in [1.29, 1.82) is 0 Å². The number of hydrogen-bond donors (Lipinski definition) is 1. The molecule has 5 heteroatoms. The molecular weight excluding hydrogens is 246 g/mol. The van der Waals surface area contributed by atoms with Gasteiger partial charge in [-0.3, -0.25) is 0 Å². The van der Waals surface area contributed by atoms with E-state index in [0.717, 1.165) is 19.3 Å². The quantitative estimate of drug-likeness (QED) is 0.541. The largest absolute Gasteiger partial charge is 0.356 e. The highest BCUT2D eigenvalue weighted by molar-refractivity contribution is 6.30. The average molecular weight is 275 g/mol. The van der Waals surface area contributed by atoms with Crippen molar-refractivity contribution in [3.05, 3.63) is 0 Å². The summed E-state index contributed by atoms with van der Waals surface area (Å²) in [6.07, 6.45) is 4.20. The standard InChI is InChI=1S/C13H29NO3Si/c1-5-15-12(14-18-4)10-8-9-11-13(12,16-6-2)17-7-3/h14H,5-11,18H2,1-4H3. The third-order valence-corrected chi connectivity index (χ3v) is 4.43. The highest BCUT2D eigenvalue weighted by atomic mass is 28.2. The van der Waals surface area contributed by atoms with Crippen LogP contribution in [0.1, 0.15) is 46.5 Å². The highest BCUT2D eigenvalue weighted by Crippen LogP contribution is 2.42. The summed E-state index contributed by atoms with van der Waals surface area (Å²) in [7, 11) is -0.346. The van der Waals surface area contributed by atoms with Crippen molar-refractivity contribution in [2.75, 3.05) is 19.8 Å². The third-order valence-electron chi connectivity index (χ3n) is 3.51. The molecule has 0 amide bonds. The highest BCUT2D eigenvalue weighted by Gasteiger charge is 2.55. The second kappa shape index (κ2) is 7.60. The molecule has 108 valence electrons. The van der Waals surface area contributed by atoms with Crippen LogP contribution in [0.25, 0.3) is 0 Å². The smallest absolute Gasteiger partial charge is 0.211 e. The van der Waals surface area contributed by atoms with Crippen LogP contribution in [0.4, 0.5) is 0 Å². The molecule has 0 heterocycles. The van der Waals surface area contributed by atoms with Gasteiger partial charge in [-0.1, -0.05) is 6.55 Å². The van der Waals surface area contributed by atoms with Crippen molar-refractivity contribution < 1.29 is 14.2 Å². The molecule has 1 rings (SSSR count). The normalized spacial score (nSPS) is 28.0. The van der Waals surface area contributed by atoms with Crippen LogP contribution in [-0.4, -0.2) is 41.0 Å². The summed E-state index contributed by atoms with van der Waals surface area (Å²) in [6, 6.07) is 0. The van der Waals surface area contributed by atoms with Gasteiger partial charge in [-0.05, 0) is 40.0 Å². The molecule has 0 aromatic heterocycles. The second-order valence-electron chi connectivity index (χ2n) is 4.62. The lowest BCUT2D eigenvalue weighted by Crippen LogP contribution is -2.69. The van der Waals surface area contributed by atoms with E-state index in [1.165, 1.54) is 6.42 Å². The van der Waals surface area contributed by atoms with E-state index in [-0.39, 0.29) is 9.68 Å². The first-order chi connectivity index (χ1) is 8.70. The molecule has 1 unspecified atom stereocenters. The summed E-state index contributed by atoms with van der Waals surface area (Å²) in [6.45, 7) is 10.3. The lowest BCUT2D eigenvalue weighted by atomic mass is 9.85. The first kappa shape index (κ1) is 16.1. The van der Waals surface area contributed by atoms with Crippen LogP contribution in [0.15, 0.2) is 0 Å². The lowest BCUT2D eigenvalue weighted by Gasteiger charge is -2.52. The van der Waals surface area contributed by atoms with E-state index in [4.69, 9.17) is 14.2 Å². The molecule has 1 fully saturated rings. The zero-order valence-corrected chi connectivity index (χ0v) is 13.8. The number of nitrogens with one attached hydrogen (secondary N) is 1. The lowest BCUT2D eigenvalue weighted by molar-refractivity contribution is -0.347. The van der Waals surface area contributed by atoms with Gasteiger partial charge in [-0.2, -0.15) is 0 Å². The Labute approximate surface area is 114 Å². The fourth-order valence-electron chi connectivity index (χ4n) is 3.00. The van der Waals surface area contributed by atoms with Gasteiger partial charge in [0.1, 0.15) is 0 Å². The predicted octanol–water partition coefficient (Wildman–Crippen LogP) is 1.78. The van der Waals surface area contributed by atoms with Crippen molar-refractivity contribution >= 4 is 9.68 Å². The van der Waals surface area contributed by atoms with Crippen LogP contribution in [0, 0.1) is 0 Å². The molecule has 0 aromatic rings. The Hall–Kier alpha value is 0.0569. The van der Waals surface area contributed by atoms with Crippen LogP contribution < -0.4 is 4.98 Å². The molecule has 0 spiro atoms. The van der Waals surface area contributed by atoms with Crippen molar-refractivity contribution in [2.45, 2.75) is 64.5 Å². The molecule has 18 heavy (non-hydrogen) atoms. The molecule has 0 bridgehead atoms. The summed E-state index contributed by atoms with van der Waals surface area (Å²) < 4.78 is 18.2. The minimum Gasteiger partial charge on any atom is -0.356 e. The average Bonchev–Trinajstić information content (AvgIpc) is 2.34. The molecular formula is C13H29NO3Si. The fourth-order valence-corrected chi connectivity index (χ4v) is 4.12. The molecule has 0 radical (unpaired) electrons.